The quantitative estimate of drug-likeness (QED) is 0.778. The maximum atomic E-state index is 11.2. The van der Waals surface area contributed by atoms with Crippen LogP contribution in [0.2, 0.25) is 5.04 Å². The summed E-state index contributed by atoms with van der Waals surface area (Å²) in [7, 11) is -2.84. The van der Waals surface area contributed by atoms with Crippen LogP contribution in [0.1, 0.15) is 27.7 Å². The first kappa shape index (κ1) is 19.4. The molecule has 0 radical (unpaired) electrons. The second kappa shape index (κ2) is 7.52. The van der Waals surface area contributed by atoms with Gasteiger partial charge in [-0.15, -0.1) is 0 Å². The number of hydrogen-bond donors (Lipinski definition) is 2. The second-order valence-corrected chi connectivity index (χ2v) is 11.5. The third-order valence-corrected chi connectivity index (χ3v) is 9.61. The monoisotopic (exact) mass is 358 g/mol. The number of rotatable bonds is 6. The molecule has 2 aromatic rings. The highest BCUT2D eigenvalue weighted by Gasteiger charge is 2.51. The van der Waals surface area contributed by atoms with Crippen LogP contribution >= 0.6 is 0 Å². The number of carbonyl (C=O) groups is 1. The molecule has 0 aliphatic carbocycles. The lowest BCUT2D eigenvalue weighted by Gasteiger charge is -2.45. The van der Waals surface area contributed by atoms with E-state index in [1.165, 1.54) is 0 Å². The van der Waals surface area contributed by atoms with E-state index in [1.807, 2.05) is 60.7 Å². The van der Waals surface area contributed by atoms with E-state index < -0.39 is 26.5 Å². The van der Waals surface area contributed by atoms with Crippen molar-refractivity contribution in [3.63, 3.8) is 0 Å². The molecule has 4 nitrogen and oxygen atoms in total. The maximum Gasteiger partial charge on any atom is 0.335 e. The van der Waals surface area contributed by atoms with Crippen LogP contribution in [0.5, 0.6) is 0 Å². The zero-order valence-corrected chi connectivity index (χ0v) is 16.1. The van der Waals surface area contributed by atoms with E-state index in [9.17, 15) is 15.0 Å². The fourth-order valence-electron chi connectivity index (χ4n) is 3.24. The molecule has 0 aliphatic rings. The van der Waals surface area contributed by atoms with Crippen molar-refractivity contribution in [2.45, 2.75) is 44.9 Å². The van der Waals surface area contributed by atoms with E-state index >= 15 is 0 Å². The van der Waals surface area contributed by atoms with Crippen LogP contribution in [-0.4, -0.2) is 36.7 Å². The van der Waals surface area contributed by atoms with Gasteiger partial charge in [-0.1, -0.05) is 81.4 Å². The smallest absolute Gasteiger partial charge is 0.335 e. The highest BCUT2D eigenvalue weighted by atomic mass is 28.4. The number of carboxylic acids is 1. The van der Waals surface area contributed by atoms with Gasteiger partial charge in [-0.3, -0.25) is 0 Å². The van der Waals surface area contributed by atoms with Crippen molar-refractivity contribution in [3.05, 3.63) is 60.7 Å². The van der Waals surface area contributed by atoms with Crippen molar-refractivity contribution in [3.8, 4) is 0 Å². The van der Waals surface area contributed by atoms with Gasteiger partial charge >= 0.3 is 5.97 Å². The van der Waals surface area contributed by atoms with E-state index in [0.29, 0.717) is 0 Å². The van der Waals surface area contributed by atoms with Crippen LogP contribution in [0.4, 0.5) is 0 Å². The summed E-state index contributed by atoms with van der Waals surface area (Å²) in [4.78, 5) is 11.2. The van der Waals surface area contributed by atoms with Gasteiger partial charge in [-0.05, 0) is 22.3 Å². The molecule has 0 bridgehead atoms. The zero-order valence-electron chi connectivity index (χ0n) is 15.1. The lowest BCUT2D eigenvalue weighted by Crippen LogP contribution is -2.68. The fourth-order valence-corrected chi connectivity index (χ4v) is 7.94. The van der Waals surface area contributed by atoms with Gasteiger partial charge in [0.25, 0.3) is 8.32 Å². The number of aliphatic hydroxyl groups excluding tert-OH is 1. The van der Waals surface area contributed by atoms with Gasteiger partial charge in [0, 0.05) is 0 Å². The summed E-state index contributed by atoms with van der Waals surface area (Å²) in [6, 6.07) is 19.9. The van der Waals surface area contributed by atoms with E-state index in [-0.39, 0.29) is 5.04 Å². The van der Waals surface area contributed by atoms with Gasteiger partial charge in [0.15, 0.2) is 6.10 Å². The average molecular weight is 359 g/mol. The molecule has 134 valence electrons. The Morgan fingerprint density at radius 1 is 0.960 bits per heavy atom. The van der Waals surface area contributed by atoms with Crippen LogP contribution < -0.4 is 10.4 Å². The lowest BCUT2D eigenvalue weighted by atomic mass is 10.2. The van der Waals surface area contributed by atoms with Crippen molar-refractivity contribution in [1.82, 2.24) is 0 Å². The van der Waals surface area contributed by atoms with Crippen LogP contribution in [0.3, 0.4) is 0 Å². The van der Waals surface area contributed by atoms with Crippen LogP contribution in [-0.2, 0) is 9.22 Å². The second-order valence-electron chi connectivity index (χ2n) is 7.27. The van der Waals surface area contributed by atoms with Crippen molar-refractivity contribution in [2.24, 2.45) is 0 Å². The SMILES string of the molecule is CC(O[Si](c1ccccc1)(c1ccccc1)C(C)(C)C)C(O)C(=O)O. The van der Waals surface area contributed by atoms with Crippen LogP contribution in [0, 0.1) is 0 Å². The minimum absolute atomic E-state index is 0.262. The fraction of sp³-hybridized carbons (Fsp3) is 0.350. The molecule has 0 spiro atoms. The van der Waals surface area contributed by atoms with Gasteiger partial charge in [0.2, 0.25) is 0 Å². The Kier molecular flexibility index (Phi) is 5.82. The summed E-state index contributed by atoms with van der Waals surface area (Å²) in [5.41, 5.74) is 0. The van der Waals surface area contributed by atoms with Crippen molar-refractivity contribution in [1.29, 1.82) is 0 Å². The van der Waals surface area contributed by atoms with E-state index in [0.717, 1.165) is 10.4 Å². The predicted octanol–water partition coefficient (Wildman–Crippen LogP) is 2.40. The molecule has 0 heterocycles. The molecule has 5 heteroatoms. The highest BCUT2D eigenvalue weighted by molar-refractivity contribution is 6.99. The molecule has 2 aromatic carbocycles. The maximum absolute atomic E-state index is 11.2. The molecule has 2 rings (SSSR count). The van der Waals surface area contributed by atoms with Crippen LogP contribution in [0.15, 0.2) is 60.7 Å². The van der Waals surface area contributed by atoms with Crippen molar-refractivity contribution in [2.75, 3.05) is 0 Å². The summed E-state index contributed by atoms with van der Waals surface area (Å²) < 4.78 is 6.51. The summed E-state index contributed by atoms with van der Waals surface area (Å²) >= 11 is 0. The first-order valence-corrected chi connectivity index (χ1v) is 10.3. The van der Waals surface area contributed by atoms with E-state index in [4.69, 9.17) is 4.43 Å². The lowest BCUT2D eigenvalue weighted by molar-refractivity contribution is -0.151. The normalized spacial score (nSPS) is 14.8. The van der Waals surface area contributed by atoms with E-state index in [2.05, 4.69) is 20.8 Å². The molecule has 0 aliphatic heterocycles. The molecule has 2 unspecified atom stereocenters. The Bertz CT molecular complexity index is 655. The molecule has 2 atom stereocenters. The standard InChI is InChI=1S/C20H26O4Si/c1-15(18(21)19(22)23)24-25(20(2,3)4,16-11-7-5-8-12-16)17-13-9-6-10-14-17/h5-15,18,21H,1-4H3,(H,22,23). The Morgan fingerprint density at radius 2 is 1.36 bits per heavy atom. The molecular formula is C20H26O4Si. The van der Waals surface area contributed by atoms with Crippen molar-refractivity contribution >= 4 is 24.7 Å². The third kappa shape index (κ3) is 3.84. The molecule has 2 N–H and O–H groups in total. The minimum atomic E-state index is -2.84. The number of aliphatic hydroxyl groups is 1. The highest BCUT2D eigenvalue weighted by Crippen LogP contribution is 2.37. The summed E-state index contributed by atoms with van der Waals surface area (Å²) in [5, 5.41) is 21.0. The Balaban J connectivity index is 2.67. The zero-order chi connectivity index (χ0) is 18.7. The van der Waals surface area contributed by atoms with Gasteiger partial charge in [-0.2, -0.15) is 0 Å². The van der Waals surface area contributed by atoms with E-state index in [1.54, 1.807) is 6.92 Å². The van der Waals surface area contributed by atoms with Crippen molar-refractivity contribution < 1.29 is 19.4 Å². The van der Waals surface area contributed by atoms with Gasteiger partial charge < -0.3 is 14.6 Å². The predicted molar refractivity (Wildman–Crippen MR) is 102 cm³/mol. The summed E-state index contributed by atoms with van der Waals surface area (Å²) in [6.45, 7) is 7.95. The Morgan fingerprint density at radius 3 is 1.68 bits per heavy atom. The molecule has 0 amide bonds. The Hall–Kier alpha value is -1.95. The van der Waals surface area contributed by atoms with Gasteiger partial charge in [-0.25, -0.2) is 4.79 Å². The number of benzene rings is 2. The van der Waals surface area contributed by atoms with Crippen LogP contribution in [0.25, 0.3) is 0 Å². The average Bonchev–Trinajstić information content (AvgIpc) is 2.59. The third-order valence-electron chi connectivity index (χ3n) is 4.48. The van der Waals surface area contributed by atoms with Gasteiger partial charge in [0.05, 0.1) is 6.10 Å². The Labute approximate surface area is 150 Å². The molecular weight excluding hydrogens is 332 g/mol. The topological polar surface area (TPSA) is 66.8 Å². The summed E-state index contributed by atoms with van der Waals surface area (Å²) in [5.74, 6) is -1.27. The number of hydrogen-bond acceptors (Lipinski definition) is 3. The largest absolute Gasteiger partial charge is 0.479 e. The summed E-state index contributed by atoms with van der Waals surface area (Å²) in [6.07, 6.45) is -2.40. The molecule has 0 saturated carbocycles. The molecule has 25 heavy (non-hydrogen) atoms. The molecule has 0 fully saturated rings. The number of aliphatic carboxylic acids is 1. The molecule has 0 aromatic heterocycles. The minimum Gasteiger partial charge on any atom is -0.479 e. The number of carboxylic acid groups (broad SMARTS) is 1. The molecule has 0 saturated heterocycles. The first-order valence-electron chi connectivity index (χ1n) is 8.40. The first-order chi connectivity index (χ1) is 11.7. The van der Waals surface area contributed by atoms with Gasteiger partial charge in [0.1, 0.15) is 0 Å².